The number of unbranched alkanes of at least 4 members (excludes halogenated alkanes) is 1. The average molecular weight is 250 g/mol. The Morgan fingerprint density at radius 2 is 2.20 bits per heavy atom. The van der Waals surface area contributed by atoms with Gasteiger partial charge in [0.1, 0.15) is 0 Å². The van der Waals surface area contributed by atoms with Crippen LogP contribution in [0, 0.1) is 5.92 Å². The Kier molecular flexibility index (Phi) is 4.48. The maximum absolute atomic E-state index is 11.6. The Labute approximate surface area is 96.7 Å². The molecule has 4 nitrogen and oxygen atoms in total. The predicted molar refractivity (Wildman–Crippen MR) is 65.1 cm³/mol. The average Bonchev–Trinajstić information content (AvgIpc) is 2.94. The van der Waals surface area contributed by atoms with Crippen LogP contribution in [0.5, 0.6) is 0 Å². The van der Waals surface area contributed by atoms with E-state index in [2.05, 4.69) is 4.72 Å². The summed E-state index contributed by atoms with van der Waals surface area (Å²) in [5.41, 5.74) is 5.52. The molecular weight excluding hydrogens is 232 g/mol. The third-order valence-corrected chi connectivity index (χ3v) is 4.17. The van der Waals surface area contributed by atoms with Gasteiger partial charge in [-0.15, -0.1) is 0 Å². The van der Waals surface area contributed by atoms with Crippen LogP contribution < -0.4 is 10.5 Å². The Morgan fingerprint density at radius 3 is 2.60 bits per heavy atom. The van der Waals surface area contributed by atoms with E-state index in [4.69, 9.17) is 18.0 Å². The minimum Gasteiger partial charge on any atom is -0.392 e. The van der Waals surface area contributed by atoms with Crippen molar-refractivity contribution in [3.05, 3.63) is 0 Å². The first-order valence-corrected chi connectivity index (χ1v) is 7.31. The summed E-state index contributed by atoms with van der Waals surface area (Å²) >= 11 is 4.86. The highest BCUT2D eigenvalue weighted by Gasteiger charge is 2.35. The second kappa shape index (κ2) is 5.23. The van der Waals surface area contributed by atoms with Crippen LogP contribution >= 0.6 is 12.2 Å². The van der Waals surface area contributed by atoms with Gasteiger partial charge in [-0.05, 0) is 25.2 Å². The number of thiocarbonyl (C=S) groups is 1. The molecule has 6 heteroatoms. The highest BCUT2D eigenvalue weighted by molar-refractivity contribution is 7.89. The summed E-state index contributed by atoms with van der Waals surface area (Å²) in [6.45, 7) is 1.96. The highest BCUT2D eigenvalue weighted by atomic mass is 32.2. The SMILES string of the molecule is CCCCS(=O)(=O)NC(C(N)=S)C1CC1. The first kappa shape index (κ1) is 12.9. The monoisotopic (exact) mass is 250 g/mol. The van der Waals surface area contributed by atoms with Gasteiger partial charge in [-0.1, -0.05) is 25.6 Å². The van der Waals surface area contributed by atoms with Crippen LogP contribution in [0.1, 0.15) is 32.6 Å². The third kappa shape index (κ3) is 4.44. The molecule has 1 saturated carbocycles. The molecule has 0 bridgehead atoms. The van der Waals surface area contributed by atoms with E-state index in [0.29, 0.717) is 12.3 Å². The van der Waals surface area contributed by atoms with Crippen LogP contribution in [-0.4, -0.2) is 25.2 Å². The van der Waals surface area contributed by atoms with Gasteiger partial charge in [0.05, 0.1) is 16.8 Å². The standard InChI is InChI=1S/C9H18N2O2S2/c1-2-3-6-15(12,13)11-8(9(10)14)7-4-5-7/h7-8,11H,2-6H2,1H3,(H2,10,14). The highest BCUT2D eigenvalue weighted by Crippen LogP contribution is 2.33. The molecule has 1 rings (SSSR count). The van der Waals surface area contributed by atoms with E-state index < -0.39 is 10.0 Å². The van der Waals surface area contributed by atoms with Gasteiger partial charge in [0.25, 0.3) is 0 Å². The Hall–Kier alpha value is -0.200. The van der Waals surface area contributed by atoms with Crippen molar-refractivity contribution in [3.63, 3.8) is 0 Å². The zero-order valence-corrected chi connectivity index (χ0v) is 10.5. The molecule has 3 N–H and O–H groups in total. The van der Waals surface area contributed by atoms with Crippen molar-refractivity contribution >= 4 is 27.2 Å². The number of hydrogen-bond acceptors (Lipinski definition) is 3. The first-order valence-electron chi connectivity index (χ1n) is 5.25. The van der Waals surface area contributed by atoms with Crippen molar-refractivity contribution in [2.24, 2.45) is 11.7 Å². The fourth-order valence-electron chi connectivity index (χ4n) is 1.40. The van der Waals surface area contributed by atoms with Crippen molar-refractivity contribution in [1.82, 2.24) is 4.72 Å². The van der Waals surface area contributed by atoms with Gasteiger partial charge in [-0.3, -0.25) is 0 Å². The van der Waals surface area contributed by atoms with E-state index in [1.807, 2.05) is 6.92 Å². The molecule has 0 spiro atoms. The van der Waals surface area contributed by atoms with Crippen molar-refractivity contribution in [3.8, 4) is 0 Å². The molecule has 1 unspecified atom stereocenters. The van der Waals surface area contributed by atoms with Crippen LogP contribution in [0.4, 0.5) is 0 Å². The maximum Gasteiger partial charge on any atom is 0.212 e. The van der Waals surface area contributed by atoms with E-state index in [0.717, 1.165) is 19.3 Å². The molecule has 1 fully saturated rings. The number of sulfonamides is 1. The van der Waals surface area contributed by atoms with Crippen LogP contribution in [-0.2, 0) is 10.0 Å². The van der Waals surface area contributed by atoms with Gasteiger partial charge >= 0.3 is 0 Å². The van der Waals surface area contributed by atoms with E-state index in [1.165, 1.54) is 0 Å². The van der Waals surface area contributed by atoms with Crippen molar-refractivity contribution in [1.29, 1.82) is 0 Å². The maximum atomic E-state index is 11.6. The van der Waals surface area contributed by atoms with E-state index in [1.54, 1.807) is 0 Å². The summed E-state index contributed by atoms with van der Waals surface area (Å²) < 4.78 is 25.8. The largest absolute Gasteiger partial charge is 0.392 e. The van der Waals surface area contributed by atoms with Crippen LogP contribution in [0.3, 0.4) is 0 Å². The fraction of sp³-hybridized carbons (Fsp3) is 0.889. The number of rotatable bonds is 7. The number of hydrogen-bond donors (Lipinski definition) is 2. The summed E-state index contributed by atoms with van der Waals surface area (Å²) in [6.07, 6.45) is 3.56. The lowest BCUT2D eigenvalue weighted by Gasteiger charge is -2.16. The van der Waals surface area contributed by atoms with Crippen LogP contribution in [0.15, 0.2) is 0 Å². The summed E-state index contributed by atoms with van der Waals surface area (Å²) in [4.78, 5) is 0.262. The first-order chi connectivity index (χ1) is 6.96. The van der Waals surface area contributed by atoms with E-state index >= 15 is 0 Å². The Morgan fingerprint density at radius 1 is 1.60 bits per heavy atom. The molecule has 0 aliphatic heterocycles. The zero-order valence-electron chi connectivity index (χ0n) is 8.90. The minimum atomic E-state index is -3.21. The molecule has 88 valence electrons. The topological polar surface area (TPSA) is 72.2 Å². The summed E-state index contributed by atoms with van der Waals surface area (Å²) in [7, 11) is -3.21. The van der Waals surface area contributed by atoms with Gasteiger partial charge in [0, 0.05) is 0 Å². The second-order valence-corrected chi connectivity index (χ2v) is 6.35. The lowest BCUT2D eigenvalue weighted by Crippen LogP contribution is -2.45. The normalized spacial score (nSPS) is 18.7. The molecule has 0 amide bonds. The van der Waals surface area contributed by atoms with Crippen LogP contribution in [0.25, 0.3) is 0 Å². The van der Waals surface area contributed by atoms with Gasteiger partial charge in [-0.2, -0.15) is 0 Å². The summed E-state index contributed by atoms with van der Waals surface area (Å²) in [6, 6.07) is -0.332. The molecule has 1 atom stereocenters. The Balaban J connectivity index is 2.53. The van der Waals surface area contributed by atoms with Crippen molar-refractivity contribution in [2.75, 3.05) is 5.75 Å². The van der Waals surface area contributed by atoms with Gasteiger partial charge in [-0.25, -0.2) is 13.1 Å². The van der Waals surface area contributed by atoms with Crippen molar-refractivity contribution in [2.45, 2.75) is 38.6 Å². The fourth-order valence-corrected chi connectivity index (χ4v) is 3.22. The minimum absolute atomic E-state index is 0.162. The van der Waals surface area contributed by atoms with Crippen LogP contribution in [0.2, 0.25) is 0 Å². The second-order valence-electron chi connectivity index (χ2n) is 4.01. The molecule has 0 aromatic rings. The van der Waals surface area contributed by atoms with E-state index in [-0.39, 0.29) is 16.8 Å². The molecule has 0 radical (unpaired) electrons. The van der Waals surface area contributed by atoms with Gasteiger partial charge < -0.3 is 5.73 Å². The summed E-state index contributed by atoms with van der Waals surface area (Å²) in [5.74, 6) is 0.480. The van der Waals surface area contributed by atoms with Crippen molar-refractivity contribution < 1.29 is 8.42 Å². The predicted octanol–water partition coefficient (Wildman–Crippen LogP) is 0.771. The molecule has 0 heterocycles. The molecule has 0 aromatic carbocycles. The third-order valence-electron chi connectivity index (χ3n) is 2.47. The molecule has 0 aromatic heterocycles. The quantitative estimate of drug-likeness (QED) is 0.655. The van der Waals surface area contributed by atoms with Gasteiger partial charge in [0.2, 0.25) is 10.0 Å². The zero-order chi connectivity index (χ0) is 11.5. The lowest BCUT2D eigenvalue weighted by molar-refractivity contribution is 0.562. The molecule has 1 aliphatic carbocycles. The molecule has 1 aliphatic rings. The lowest BCUT2D eigenvalue weighted by atomic mass is 10.2. The van der Waals surface area contributed by atoms with Gasteiger partial charge in [0.15, 0.2) is 0 Å². The van der Waals surface area contributed by atoms with E-state index in [9.17, 15) is 8.42 Å². The molecule has 0 saturated heterocycles. The Bertz CT molecular complexity index is 323. The number of nitrogens with one attached hydrogen (secondary N) is 1. The smallest absolute Gasteiger partial charge is 0.212 e. The molecular formula is C9H18N2O2S2. The summed E-state index contributed by atoms with van der Waals surface area (Å²) in [5, 5.41) is 0. The number of nitrogens with two attached hydrogens (primary N) is 1. The molecule has 15 heavy (non-hydrogen) atoms.